The molecule has 1 aliphatic carbocycles. The zero-order chi connectivity index (χ0) is 24.7. The van der Waals surface area contributed by atoms with Crippen LogP contribution in [0, 0.1) is 23.7 Å². The number of fused-ring (bicyclic) bond motifs is 3. The molecule has 34 heavy (non-hydrogen) atoms. The smallest absolute Gasteiger partial charge is 0.310 e. The summed E-state index contributed by atoms with van der Waals surface area (Å²) < 4.78 is 18.6. The Morgan fingerprint density at radius 2 is 1.88 bits per heavy atom. The molecule has 182 valence electrons. The number of rotatable bonds is 5. The van der Waals surface area contributed by atoms with Crippen molar-refractivity contribution in [3.8, 4) is 0 Å². The Morgan fingerprint density at radius 3 is 2.53 bits per heavy atom. The van der Waals surface area contributed by atoms with Gasteiger partial charge in [-0.3, -0.25) is 9.59 Å². The first-order chi connectivity index (χ1) is 16.1. The molecule has 0 unspecified atom stereocenters. The van der Waals surface area contributed by atoms with Crippen LogP contribution >= 0.6 is 0 Å². The van der Waals surface area contributed by atoms with Gasteiger partial charge in [-0.1, -0.05) is 55.8 Å². The lowest BCUT2D eigenvalue weighted by Gasteiger charge is -2.40. The minimum Gasteiger partial charge on any atom is -0.459 e. The maximum absolute atomic E-state index is 13.1. The van der Waals surface area contributed by atoms with Crippen LogP contribution in [-0.2, 0) is 30.2 Å². The van der Waals surface area contributed by atoms with Crippen LogP contribution in [0.5, 0.6) is 0 Å². The molecule has 5 heteroatoms. The molecule has 1 aromatic rings. The molecule has 4 rings (SSSR count). The highest BCUT2D eigenvalue weighted by atomic mass is 16.7. The molecule has 6 atom stereocenters. The van der Waals surface area contributed by atoms with E-state index in [4.69, 9.17) is 14.2 Å². The number of allylic oxidation sites excluding steroid dienone is 3. The van der Waals surface area contributed by atoms with E-state index in [-0.39, 0.29) is 41.8 Å². The number of benzene rings is 1. The number of ketones is 1. The number of esters is 1. The molecule has 2 aliphatic heterocycles. The van der Waals surface area contributed by atoms with Crippen LogP contribution in [0.1, 0.15) is 46.6 Å². The lowest BCUT2D eigenvalue weighted by atomic mass is 9.65. The molecular weight excluding hydrogens is 428 g/mol. The van der Waals surface area contributed by atoms with E-state index in [0.29, 0.717) is 6.42 Å². The van der Waals surface area contributed by atoms with E-state index >= 15 is 0 Å². The molecule has 0 radical (unpaired) electrons. The van der Waals surface area contributed by atoms with Gasteiger partial charge in [-0.05, 0) is 74.3 Å². The summed E-state index contributed by atoms with van der Waals surface area (Å²) in [6, 6.07) is 9.60. The SMILES string of the molecule is CO[C@]12C=C[C@](C)(O1)[C@@H](OC(=O)Cc1ccccc1)C[C@H]1C(C)=CC(=O)[C@H](C(C)C)[C@H]1/C=C\2C. The molecule has 0 saturated heterocycles. The first-order valence-electron chi connectivity index (χ1n) is 12.2. The van der Waals surface area contributed by atoms with Crippen molar-refractivity contribution in [2.24, 2.45) is 23.7 Å². The molecule has 2 heterocycles. The maximum atomic E-state index is 13.1. The summed E-state index contributed by atoms with van der Waals surface area (Å²) in [5, 5.41) is 0. The molecule has 1 aromatic carbocycles. The standard InChI is InChI=1S/C29H36O5/c1-18(2)27-23-15-20(4)29(32-6)13-12-28(5,34-29)25(17-22(23)19(3)14-24(27)30)33-26(31)16-21-10-8-7-9-11-21/h7-15,18,22-23,25,27H,16-17H2,1-6H3/b20-15-/t22-,23-,25-,27+,28-,29+/m0/s1. The van der Waals surface area contributed by atoms with Crippen molar-refractivity contribution in [1.29, 1.82) is 0 Å². The van der Waals surface area contributed by atoms with Crippen molar-refractivity contribution in [2.45, 2.75) is 65.0 Å². The van der Waals surface area contributed by atoms with Gasteiger partial charge in [0, 0.05) is 13.0 Å². The summed E-state index contributed by atoms with van der Waals surface area (Å²) in [4.78, 5) is 26.1. The Morgan fingerprint density at radius 1 is 1.18 bits per heavy atom. The third-order valence-corrected chi connectivity index (χ3v) is 7.75. The van der Waals surface area contributed by atoms with E-state index in [1.165, 1.54) is 0 Å². The Bertz CT molecular complexity index is 1040. The molecule has 0 saturated carbocycles. The highest BCUT2D eigenvalue weighted by Crippen LogP contribution is 2.48. The number of methoxy groups -OCH3 is 1. The monoisotopic (exact) mass is 464 g/mol. The van der Waals surface area contributed by atoms with E-state index in [0.717, 1.165) is 16.7 Å². The van der Waals surface area contributed by atoms with Crippen molar-refractivity contribution in [2.75, 3.05) is 7.11 Å². The van der Waals surface area contributed by atoms with Crippen LogP contribution in [0.25, 0.3) is 0 Å². The van der Waals surface area contributed by atoms with Gasteiger partial charge in [0.1, 0.15) is 11.7 Å². The van der Waals surface area contributed by atoms with Crippen LogP contribution in [0.3, 0.4) is 0 Å². The number of carbonyl (C=O) groups excluding carboxylic acids is 2. The number of hydrogen-bond donors (Lipinski definition) is 0. The van der Waals surface area contributed by atoms with Crippen molar-refractivity contribution >= 4 is 11.8 Å². The number of ether oxygens (including phenoxy) is 3. The molecule has 0 aromatic heterocycles. The Kier molecular flexibility index (Phi) is 6.71. The predicted molar refractivity (Wildman–Crippen MR) is 131 cm³/mol. The molecule has 0 fully saturated rings. The summed E-state index contributed by atoms with van der Waals surface area (Å²) in [5.74, 6) is -1.13. The zero-order valence-corrected chi connectivity index (χ0v) is 21.0. The topological polar surface area (TPSA) is 61.8 Å². The van der Waals surface area contributed by atoms with E-state index in [1.807, 2.05) is 63.3 Å². The highest BCUT2D eigenvalue weighted by Gasteiger charge is 2.53. The second-order valence-corrected chi connectivity index (χ2v) is 10.5. The minimum atomic E-state index is -1.05. The summed E-state index contributed by atoms with van der Waals surface area (Å²) in [7, 11) is 1.62. The van der Waals surface area contributed by atoms with Gasteiger partial charge in [0.05, 0.1) is 6.42 Å². The second kappa shape index (κ2) is 9.27. The van der Waals surface area contributed by atoms with Crippen LogP contribution in [-0.4, -0.2) is 36.4 Å². The molecular formula is C29H36O5. The van der Waals surface area contributed by atoms with E-state index < -0.39 is 17.5 Å². The molecule has 3 aliphatic rings. The fourth-order valence-electron chi connectivity index (χ4n) is 5.83. The van der Waals surface area contributed by atoms with Gasteiger partial charge in [0.25, 0.3) is 0 Å². The lowest BCUT2D eigenvalue weighted by Crippen LogP contribution is -2.47. The predicted octanol–water partition coefficient (Wildman–Crippen LogP) is 5.21. The van der Waals surface area contributed by atoms with Gasteiger partial charge in [0.2, 0.25) is 5.79 Å². The molecule has 2 bridgehead atoms. The summed E-state index contributed by atoms with van der Waals surface area (Å²) in [6.45, 7) is 10.1. The lowest BCUT2D eigenvalue weighted by molar-refractivity contribution is -0.226. The van der Waals surface area contributed by atoms with Crippen molar-refractivity contribution < 1.29 is 23.8 Å². The average Bonchev–Trinajstić information content (AvgIpc) is 3.15. The Hall–Kier alpha value is -2.50. The first-order valence-corrected chi connectivity index (χ1v) is 12.2. The average molecular weight is 465 g/mol. The van der Waals surface area contributed by atoms with Gasteiger partial charge in [-0.25, -0.2) is 0 Å². The van der Waals surface area contributed by atoms with Crippen LogP contribution in [0.4, 0.5) is 0 Å². The number of carbonyl (C=O) groups is 2. The molecule has 0 N–H and O–H groups in total. The van der Waals surface area contributed by atoms with Gasteiger partial charge in [-0.15, -0.1) is 0 Å². The zero-order valence-electron chi connectivity index (χ0n) is 21.0. The highest BCUT2D eigenvalue weighted by molar-refractivity contribution is 5.94. The fraction of sp³-hybridized carbons (Fsp3) is 0.517. The summed E-state index contributed by atoms with van der Waals surface area (Å²) in [5.41, 5.74) is 1.98. The third-order valence-electron chi connectivity index (χ3n) is 7.75. The molecule has 5 nitrogen and oxygen atoms in total. The van der Waals surface area contributed by atoms with Gasteiger partial charge in [-0.2, -0.15) is 0 Å². The second-order valence-electron chi connectivity index (χ2n) is 10.5. The van der Waals surface area contributed by atoms with E-state index in [1.54, 1.807) is 13.2 Å². The third kappa shape index (κ3) is 4.44. The quantitative estimate of drug-likeness (QED) is 0.442. The molecule has 0 spiro atoms. The summed E-state index contributed by atoms with van der Waals surface area (Å²) in [6.07, 6.45) is 8.05. The van der Waals surface area contributed by atoms with Gasteiger partial charge >= 0.3 is 5.97 Å². The minimum absolute atomic E-state index is 0.0280. The number of hydrogen-bond acceptors (Lipinski definition) is 5. The van der Waals surface area contributed by atoms with Crippen LogP contribution in [0.2, 0.25) is 0 Å². The largest absolute Gasteiger partial charge is 0.459 e. The summed E-state index contributed by atoms with van der Waals surface area (Å²) >= 11 is 0. The van der Waals surface area contributed by atoms with Gasteiger partial charge < -0.3 is 14.2 Å². The van der Waals surface area contributed by atoms with E-state index in [2.05, 4.69) is 19.9 Å². The maximum Gasteiger partial charge on any atom is 0.310 e. The van der Waals surface area contributed by atoms with Crippen LogP contribution in [0.15, 0.2) is 65.8 Å². The van der Waals surface area contributed by atoms with Crippen LogP contribution < -0.4 is 0 Å². The fourth-order valence-corrected chi connectivity index (χ4v) is 5.83. The molecule has 0 amide bonds. The normalized spacial score (nSPS) is 36.6. The van der Waals surface area contributed by atoms with Crippen molar-refractivity contribution in [1.82, 2.24) is 0 Å². The van der Waals surface area contributed by atoms with E-state index in [9.17, 15) is 9.59 Å². The van der Waals surface area contributed by atoms with Gasteiger partial charge in [0.15, 0.2) is 5.78 Å². The Labute approximate surface area is 202 Å². The van der Waals surface area contributed by atoms with Crippen molar-refractivity contribution in [3.63, 3.8) is 0 Å². The Balaban J connectivity index is 1.74. The first kappa shape index (κ1) is 24.6. The van der Waals surface area contributed by atoms with Crippen molar-refractivity contribution in [3.05, 3.63) is 71.3 Å².